The molecule has 4 rings (SSSR count). The van der Waals surface area contributed by atoms with Gasteiger partial charge in [0.15, 0.2) is 17.3 Å². The van der Waals surface area contributed by atoms with Crippen LogP contribution in [0.1, 0.15) is 43.0 Å². The Labute approximate surface area is 148 Å². The Morgan fingerprint density at radius 2 is 1.76 bits per heavy atom. The van der Waals surface area contributed by atoms with Gasteiger partial charge in [-0.15, -0.1) is 0 Å². The molecule has 1 aromatic carbocycles. The maximum Gasteiger partial charge on any atom is 0.174 e. The van der Waals surface area contributed by atoms with E-state index in [1.165, 1.54) is 0 Å². The van der Waals surface area contributed by atoms with Gasteiger partial charge >= 0.3 is 0 Å². The molecule has 0 amide bonds. The SMILES string of the molecule is CC[C@@H]1CN2C[C@@H](O)c3cc(OC)c(OC)cc3[C@H]2CC12OCCO2. The van der Waals surface area contributed by atoms with Crippen molar-refractivity contribution in [3.8, 4) is 11.5 Å². The van der Waals surface area contributed by atoms with Crippen molar-refractivity contribution in [3.63, 3.8) is 0 Å². The normalized spacial score (nSPS) is 30.8. The van der Waals surface area contributed by atoms with E-state index >= 15 is 0 Å². The molecule has 3 aliphatic heterocycles. The van der Waals surface area contributed by atoms with Crippen LogP contribution in [0.3, 0.4) is 0 Å². The highest BCUT2D eigenvalue weighted by molar-refractivity contribution is 5.50. The summed E-state index contributed by atoms with van der Waals surface area (Å²) in [4.78, 5) is 2.36. The highest BCUT2D eigenvalue weighted by Gasteiger charge is 2.52. The van der Waals surface area contributed by atoms with Gasteiger partial charge in [0.1, 0.15) is 0 Å². The minimum atomic E-state index is -0.525. The Bertz CT molecular complexity index is 643. The van der Waals surface area contributed by atoms with Crippen LogP contribution in [0.5, 0.6) is 11.5 Å². The molecule has 0 aromatic heterocycles. The number of hydrogen-bond donors (Lipinski definition) is 1. The van der Waals surface area contributed by atoms with E-state index in [2.05, 4.69) is 11.8 Å². The van der Waals surface area contributed by atoms with Crippen LogP contribution in [0.15, 0.2) is 12.1 Å². The predicted molar refractivity (Wildman–Crippen MR) is 91.9 cm³/mol. The molecule has 0 unspecified atom stereocenters. The Kier molecular flexibility index (Phi) is 4.40. The van der Waals surface area contributed by atoms with Crippen LogP contribution in [0.2, 0.25) is 0 Å². The summed E-state index contributed by atoms with van der Waals surface area (Å²) < 4.78 is 23.1. The first-order chi connectivity index (χ1) is 12.1. The maximum absolute atomic E-state index is 10.7. The fraction of sp³-hybridized carbons (Fsp3) is 0.684. The third-order valence-electron chi connectivity index (χ3n) is 5.98. The second-order valence-electron chi connectivity index (χ2n) is 7.14. The van der Waals surface area contributed by atoms with Crippen molar-refractivity contribution in [3.05, 3.63) is 23.3 Å². The van der Waals surface area contributed by atoms with Gasteiger partial charge in [-0.3, -0.25) is 4.90 Å². The second-order valence-corrected chi connectivity index (χ2v) is 7.14. The number of hydrogen-bond acceptors (Lipinski definition) is 6. The van der Waals surface area contributed by atoms with Crippen molar-refractivity contribution in [1.29, 1.82) is 0 Å². The van der Waals surface area contributed by atoms with Gasteiger partial charge in [-0.1, -0.05) is 6.92 Å². The van der Waals surface area contributed by atoms with Crippen LogP contribution in [0, 0.1) is 5.92 Å². The van der Waals surface area contributed by atoms with E-state index in [1.54, 1.807) is 14.2 Å². The van der Waals surface area contributed by atoms with Gasteiger partial charge in [0.25, 0.3) is 0 Å². The van der Waals surface area contributed by atoms with E-state index in [4.69, 9.17) is 18.9 Å². The third kappa shape index (κ3) is 2.63. The molecule has 6 nitrogen and oxygen atoms in total. The number of aliphatic hydroxyl groups is 1. The number of piperidine rings is 1. The third-order valence-corrected chi connectivity index (χ3v) is 5.98. The second kappa shape index (κ2) is 6.43. The van der Waals surface area contributed by atoms with Gasteiger partial charge in [0.05, 0.1) is 33.5 Å². The fourth-order valence-electron chi connectivity index (χ4n) is 4.70. The number of benzene rings is 1. The Hall–Kier alpha value is -1.34. The van der Waals surface area contributed by atoms with Crippen LogP contribution < -0.4 is 9.47 Å². The summed E-state index contributed by atoms with van der Waals surface area (Å²) in [6, 6.07) is 4.06. The summed E-state index contributed by atoms with van der Waals surface area (Å²) in [5.41, 5.74) is 2.01. The molecular weight excluding hydrogens is 322 g/mol. The molecular formula is C19H27NO5. The lowest BCUT2D eigenvalue weighted by Crippen LogP contribution is -2.55. The summed E-state index contributed by atoms with van der Waals surface area (Å²) in [6.45, 7) is 4.99. The van der Waals surface area contributed by atoms with Gasteiger partial charge in [-0.25, -0.2) is 0 Å². The van der Waals surface area contributed by atoms with Crippen LogP contribution in [0.25, 0.3) is 0 Å². The van der Waals surface area contributed by atoms with Gasteiger partial charge in [-0.05, 0) is 29.7 Å². The van der Waals surface area contributed by atoms with Crippen LogP contribution in [-0.2, 0) is 9.47 Å². The number of nitrogens with zero attached hydrogens (tertiary/aromatic N) is 1. The molecule has 25 heavy (non-hydrogen) atoms. The van der Waals surface area contributed by atoms with E-state index in [-0.39, 0.29) is 6.04 Å². The molecule has 2 saturated heterocycles. The molecule has 1 N–H and O–H groups in total. The van der Waals surface area contributed by atoms with Crippen molar-refractivity contribution in [2.24, 2.45) is 5.92 Å². The number of methoxy groups -OCH3 is 2. The van der Waals surface area contributed by atoms with Crippen molar-refractivity contribution < 1.29 is 24.1 Å². The summed E-state index contributed by atoms with van der Waals surface area (Å²) in [7, 11) is 3.26. The molecule has 2 fully saturated rings. The largest absolute Gasteiger partial charge is 0.493 e. The lowest BCUT2D eigenvalue weighted by atomic mass is 9.78. The zero-order valence-electron chi connectivity index (χ0n) is 15.2. The van der Waals surface area contributed by atoms with E-state index in [1.807, 2.05) is 12.1 Å². The first-order valence-corrected chi connectivity index (χ1v) is 9.07. The van der Waals surface area contributed by atoms with Crippen molar-refractivity contribution >= 4 is 0 Å². The zero-order chi connectivity index (χ0) is 17.6. The molecule has 3 atom stereocenters. The average molecular weight is 349 g/mol. The summed E-state index contributed by atoms with van der Waals surface area (Å²) in [5.74, 6) is 1.16. The molecule has 0 saturated carbocycles. The maximum atomic E-state index is 10.7. The zero-order valence-corrected chi connectivity index (χ0v) is 15.2. The first-order valence-electron chi connectivity index (χ1n) is 9.07. The average Bonchev–Trinajstić information content (AvgIpc) is 3.10. The van der Waals surface area contributed by atoms with Gasteiger partial charge in [-0.2, -0.15) is 0 Å². The highest BCUT2D eigenvalue weighted by atomic mass is 16.7. The lowest BCUT2D eigenvalue weighted by Gasteiger charge is -2.51. The number of ether oxygens (including phenoxy) is 4. The minimum Gasteiger partial charge on any atom is -0.493 e. The van der Waals surface area contributed by atoms with Crippen LogP contribution >= 0.6 is 0 Å². The first kappa shape index (κ1) is 17.1. The molecule has 0 aliphatic carbocycles. The Morgan fingerprint density at radius 3 is 2.36 bits per heavy atom. The fourth-order valence-corrected chi connectivity index (χ4v) is 4.70. The summed E-state index contributed by atoms with van der Waals surface area (Å²) >= 11 is 0. The highest BCUT2D eigenvalue weighted by Crippen LogP contribution is 2.50. The van der Waals surface area contributed by atoms with E-state index in [0.717, 1.165) is 30.5 Å². The molecule has 1 spiro atoms. The molecule has 3 heterocycles. The molecule has 0 radical (unpaired) electrons. The van der Waals surface area contributed by atoms with Gasteiger partial charge in [0.2, 0.25) is 0 Å². The van der Waals surface area contributed by atoms with E-state index < -0.39 is 11.9 Å². The topological polar surface area (TPSA) is 60.4 Å². The van der Waals surface area contributed by atoms with Gasteiger partial charge < -0.3 is 24.1 Å². The Balaban J connectivity index is 1.76. The molecule has 1 aromatic rings. The van der Waals surface area contributed by atoms with Crippen molar-refractivity contribution in [1.82, 2.24) is 4.90 Å². The molecule has 3 aliphatic rings. The smallest absolute Gasteiger partial charge is 0.174 e. The van der Waals surface area contributed by atoms with Gasteiger partial charge in [0, 0.05) is 31.5 Å². The van der Waals surface area contributed by atoms with E-state index in [9.17, 15) is 5.11 Å². The number of fused-ring (bicyclic) bond motifs is 3. The molecule has 0 bridgehead atoms. The van der Waals surface area contributed by atoms with Crippen molar-refractivity contribution in [2.75, 3.05) is 40.5 Å². The predicted octanol–water partition coefficient (Wildman–Crippen LogP) is 2.27. The Morgan fingerprint density at radius 1 is 1.12 bits per heavy atom. The van der Waals surface area contributed by atoms with Crippen LogP contribution in [0.4, 0.5) is 0 Å². The molecule has 6 heteroatoms. The van der Waals surface area contributed by atoms with Crippen molar-refractivity contribution in [2.45, 2.75) is 37.7 Å². The number of rotatable bonds is 3. The monoisotopic (exact) mass is 349 g/mol. The standard InChI is InChI=1S/C19H27NO5/c1-4-12-10-20-11-16(21)14-8-18(23-3)17(22-2)7-13(14)15(20)9-19(12)24-5-6-25-19/h7-8,12,15-16,21H,4-6,9-11H2,1-3H3/t12-,15-,16-/m1/s1. The quantitative estimate of drug-likeness (QED) is 0.903. The van der Waals surface area contributed by atoms with E-state index in [0.29, 0.717) is 37.2 Å². The summed E-state index contributed by atoms with van der Waals surface area (Å²) in [6.07, 6.45) is 1.25. The number of aliphatic hydroxyl groups excluding tert-OH is 1. The minimum absolute atomic E-state index is 0.152. The molecule has 138 valence electrons. The lowest BCUT2D eigenvalue weighted by molar-refractivity contribution is -0.236. The summed E-state index contributed by atoms with van der Waals surface area (Å²) in [5, 5.41) is 10.7. The van der Waals surface area contributed by atoms with Crippen LogP contribution in [-0.4, -0.2) is 56.3 Å².